The normalized spacial score (nSPS) is 13.1. The predicted molar refractivity (Wildman–Crippen MR) is 71.4 cm³/mol. The Morgan fingerprint density at radius 1 is 1.00 bits per heavy atom. The van der Waals surface area contributed by atoms with E-state index in [-0.39, 0.29) is 5.69 Å². The van der Waals surface area contributed by atoms with E-state index in [0.717, 1.165) is 6.92 Å². The van der Waals surface area contributed by atoms with Crippen molar-refractivity contribution in [2.75, 3.05) is 0 Å². The van der Waals surface area contributed by atoms with E-state index in [1.807, 2.05) is 0 Å². The van der Waals surface area contributed by atoms with Crippen molar-refractivity contribution in [1.82, 2.24) is 9.78 Å². The van der Waals surface area contributed by atoms with E-state index >= 15 is 0 Å². The molecular formula is C14H9F7N2O2. The molecule has 25 heavy (non-hydrogen) atoms. The Balaban J connectivity index is 2.58. The lowest BCUT2D eigenvalue weighted by Gasteiger charge is -2.26. The molecule has 11 heteroatoms. The van der Waals surface area contributed by atoms with Gasteiger partial charge in [0.2, 0.25) is 5.78 Å². The lowest BCUT2D eigenvalue weighted by Crippen LogP contribution is -2.56. The molecule has 0 saturated carbocycles. The number of H-pyrrole nitrogens is 1. The first kappa shape index (κ1) is 18.7. The van der Waals surface area contributed by atoms with Gasteiger partial charge in [-0.1, -0.05) is 18.2 Å². The summed E-state index contributed by atoms with van der Waals surface area (Å²) >= 11 is 0. The Morgan fingerprint density at radius 3 is 2.00 bits per heavy atom. The van der Waals surface area contributed by atoms with Gasteiger partial charge in [0.1, 0.15) is 5.56 Å². The number of ketones is 1. The summed E-state index contributed by atoms with van der Waals surface area (Å²) in [5, 5.41) is 2.20. The summed E-state index contributed by atoms with van der Waals surface area (Å²) in [5.74, 6) is -15.7. The monoisotopic (exact) mass is 370 g/mol. The number of hydrogen-bond acceptors (Lipinski definition) is 2. The van der Waals surface area contributed by atoms with E-state index in [1.165, 1.54) is 24.3 Å². The van der Waals surface area contributed by atoms with Gasteiger partial charge < -0.3 is 0 Å². The highest BCUT2D eigenvalue weighted by Crippen LogP contribution is 2.47. The number of halogens is 7. The van der Waals surface area contributed by atoms with Crippen LogP contribution in [-0.4, -0.2) is 33.6 Å². The van der Waals surface area contributed by atoms with Crippen LogP contribution in [0, 0.1) is 6.92 Å². The van der Waals surface area contributed by atoms with Crippen molar-refractivity contribution in [2.24, 2.45) is 0 Å². The van der Waals surface area contributed by atoms with Gasteiger partial charge in [0, 0.05) is 5.69 Å². The number of para-hydroxylation sites is 1. The van der Waals surface area contributed by atoms with Crippen molar-refractivity contribution in [3.63, 3.8) is 0 Å². The second kappa shape index (κ2) is 5.74. The van der Waals surface area contributed by atoms with Crippen molar-refractivity contribution in [3.8, 4) is 5.69 Å². The Labute approximate surface area is 134 Å². The number of Topliss-reactive ketones (excluding diaryl/α,β-unsaturated/α-hetero) is 1. The third-order valence-electron chi connectivity index (χ3n) is 3.35. The zero-order chi connectivity index (χ0) is 19.2. The molecule has 1 aromatic heterocycles. The summed E-state index contributed by atoms with van der Waals surface area (Å²) < 4.78 is 90.4. The van der Waals surface area contributed by atoms with Crippen molar-refractivity contribution >= 4 is 5.78 Å². The molecule has 1 N–H and O–H groups in total. The summed E-state index contributed by atoms with van der Waals surface area (Å²) in [7, 11) is 0. The van der Waals surface area contributed by atoms with Crippen LogP contribution in [0.1, 0.15) is 16.1 Å². The number of alkyl halides is 7. The largest absolute Gasteiger partial charge is 0.460 e. The van der Waals surface area contributed by atoms with E-state index in [4.69, 9.17) is 0 Å². The van der Waals surface area contributed by atoms with E-state index < -0.39 is 40.6 Å². The molecule has 2 aromatic rings. The molecule has 0 amide bonds. The second-order valence-electron chi connectivity index (χ2n) is 5.06. The van der Waals surface area contributed by atoms with Crippen LogP contribution in [0.5, 0.6) is 0 Å². The molecule has 0 aliphatic rings. The number of aromatic amines is 1. The number of aromatic nitrogens is 2. The molecule has 0 radical (unpaired) electrons. The molecule has 136 valence electrons. The van der Waals surface area contributed by atoms with Crippen LogP contribution >= 0.6 is 0 Å². The first-order valence-corrected chi connectivity index (χ1v) is 6.56. The summed E-state index contributed by atoms with van der Waals surface area (Å²) in [5.41, 5.74) is -3.44. The molecule has 1 aromatic carbocycles. The van der Waals surface area contributed by atoms with Gasteiger partial charge in [-0.15, -0.1) is 0 Å². The summed E-state index contributed by atoms with van der Waals surface area (Å²) in [6, 6.07) is 7.11. The molecule has 0 aliphatic carbocycles. The maximum atomic E-state index is 13.6. The fraction of sp³-hybridized carbons (Fsp3) is 0.286. The summed E-state index contributed by atoms with van der Waals surface area (Å²) in [6.45, 7) is 0.926. The Morgan fingerprint density at radius 2 is 1.52 bits per heavy atom. The summed E-state index contributed by atoms with van der Waals surface area (Å²) in [4.78, 5) is 23.8. The average molecular weight is 370 g/mol. The zero-order valence-electron chi connectivity index (χ0n) is 12.3. The smallest absolute Gasteiger partial charge is 0.295 e. The van der Waals surface area contributed by atoms with E-state index in [1.54, 1.807) is 6.07 Å². The van der Waals surface area contributed by atoms with Crippen LogP contribution in [0.3, 0.4) is 0 Å². The van der Waals surface area contributed by atoms with Crippen molar-refractivity contribution < 1.29 is 35.5 Å². The molecule has 0 unspecified atom stereocenters. The molecule has 0 atom stereocenters. The lowest BCUT2D eigenvalue weighted by atomic mass is 10.0. The van der Waals surface area contributed by atoms with Gasteiger partial charge in [-0.3, -0.25) is 14.7 Å². The number of aryl methyl sites for hydroxylation is 1. The van der Waals surface area contributed by atoms with Crippen LogP contribution in [0.15, 0.2) is 35.1 Å². The Hall–Kier alpha value is -2.59. The quantitative estimate of drug-likeness (QED) is 0.662. The van der Waals surface area contributed by atoms with Crippen LogP contribution in [-0.2, 0) is 0 Å². The number of rotatable bonds is 4. The van der Waals surface area contributed by atoms with Gasteiger partial charge in [0.15, 0.2) is 0 Å². The van der Waals surface area contributed by atoms with Crippen LogP contribution < -0.4 is 5.56 Å². The first-order chi connectivity index (χ1) is 11.3. The molecule has 0 spiro atoms. The molecule has 0 aliphatic heterocycles. The average Bonchev–Trinajstić information content (AvgIpc) is 2.81. The number of carbonyl (C=O) groups excluding carboxylic acids is 1. The molecular weight excluding hydrogens is 361 g/mol. The van der Waals surface area contributed by atoms with Gasteiger partial charge in [-0.05, 0) is 19.1 Å². The molecule has 0 saturated heterocycles. The fourth-order valence-electron chi connectivity index (χ4n) is 2.05. The SMILES string of the molecule is Cc1[nH]n(-c2ccccc2)c(=O)c1C(=O)C(F)(F)C(F)(F)C(F)(F)F. The number of benzene rings is 1. The topological polar surface area (TPSA) is 54.9 Å². The van der Waals surface area contributed by atoms with Gasteiger partial charge in [0.25, 0.3) is 5.56 Å². The van der Waals surface area contributed by atoms with Gasteiger partial charge in [0.05, 0.1) is 5.69 Å². The number of hydrogen-bond donors (Lipinski definition) is 1. The Bertz CT molecular complexity index is 850. The molecule has 2 rings (SSSR count). The number of nitrogens with zero attached hydrogens (tertiary/aromatic N) is 1. The highest BCUT2D eigenvalue weighted by Gasteiger charge is 2.76. The fourth-order valence-corrected chi connectivity index (χ4v) is 2.05. The standard InChI is InChI=1S/C14H9F7N2O2/c1-7-9(10(24)12(15,16)13(17,18)14(19,20)21)11(25)23(22-7)8-5-3-2-4-6-8/h2-6,22H,1H3. The van der Waals surface area contributed by atoms with Crippen molar-refractivity contribution in [3.05, 3.63) is 51.9 Å². The van der Waals surface area contributed by atoms with Gasteiger partial charge in [-0.25, -0.2) is 4.68 Å². The van der Waals surface area contributed by atoms with Gasteiger partial charge >= 0.3 is 18.0 Å². The molecule has 4 nitrogen and oxygen atoms in total. The van der Waals surface area contributed by atoms with E-state index in [0.29, 0.717) is 4.68 Å². The second-order valence-corrected chi connectivity index (χ2v) is 5.06. The first-order valence-electron chi connectivity index (χ1n) is 6.56. The zero-order valence-corrected chi connectivity index (χ0v) is 12.3. The lowest BCUT2D eigenvalue weighted by molar-refractivity contribution is -0.339. The molecule has 0 bridgehead atoms. The minimum absolute atomic E-state index is 0.0700. The summed E-state index contributed by atoms with van der Waals surface area (Å²) in [6.07, 6.45) is -6.67. The Kier molecular flexibility index (Phi) is 4.31. The predicted octanol–water partition coefficient (Wildman–Crippen LogP) is 3.49. The van der Waals surface area contributed by atoms with E-state index in [9.17, 15) is 40.3 Å². The highest BCUT2D eigenvalue weighted by molar-refractivity contribution is 6.02. The maximum Gasteiger partial charge on any atom is 0.460 e. The van der Waals surface area contributed by atoms with Crippen LogP contribution in [0.25, 0.3) is 5.69 Å². The number of nitrogens with one attached hydrogen (secondary N) is 1. The van der Waals surface area contributed by atoms with Crippen molar-refractivity contribution in [2.45, 2.75) is 24.9 Å². The van der Waals surface area contributed by atoms with Crippen molar-refractivity contribution in [1.29, 1.82) is 0 Å². The van der Waals surface area contributed by atoms with E-state index in [2.05, 4.69) is 5.10 Å². The number of carbonyl (C=O) groups is 1. The molecule has 1 heterocycles. The highest BCUT2D eigenvalue weighted by atomic mass is 19.4. The van der Waals surface area contributed by atoms with Crippen LogP contribution in [0.2, 0.25) is 0 Å². The molecule has 0 fully saturated rings. The third-order valence-corrected chi connectivity index (χ3v) is 3.35. The van der Waals surface area contributed by atoms with Crippen LogP contribution in [0.4, 0.5) is 30.7 Å². The maximum absolute atomic E-state index is 13.6. The third kappa shape index (κ3) is 2.83. The minimum Gasteiger partial charge on any atom is -0.295 e. The van der Waals surface area contributed by atoms with Gasteiger partial charge in [-0.2, -0.15) is 30.7 Å². The minimum atomic E-state index is -6.67.